The molecular formula is C14H17N3O2. The second-order valence-electron chi connectivity index (χ2n) is 5.46. The highest BCUT2D eigenvalue weighted by molar-refractivity contribution is 5.37. The number of pyridine rings is 1. The third-order valence-electron chi connectivity index (χ3n) is 4.29. The fourth-order valence-corrected chi connectivity index (χ4v) is 3.20. The van der Waals surface area contributed by atoms with Crippen molar-refractivity contribution in [1.29, 1.82) is 5.26 Å². The van der Waals surface area contributed by atoms with Crippen LogP contribution >= 0.6 is 0 Å². The predicted octanol–water partition coefficient (Wildman–Crippen LogP) is 0.634. The van der Waals surface area contributed by atoms with E-state index in [1.807, 2.05) is 0 Å². The van der Waals surface area contributed by atoms with Gasteiger partial charge in [0, 0.05) is 18.3 Å². The minimum Gasteiger partial charge on any atom is -0.383 e. The molecule has 3 rings (SSSR count). The molecule has 100 valence electrons. The molecule has 1 aromatic rings. The van der Waals surface area contributed by atoms with Crippen LogP contribution in [0, 0.1) is 11.3 Å². The minimum atomic E-state index is -1.02. The van der Waals surface area contributed by atoms with Gasteiger partial charge < -0.3 is 9.84 Å². The van der Waals surface area contributed by atoms with Crippen LogP contribution in [0.1, 0.15) is 24.1 Å². The molecule has 5 nitrogen and oxygen atoms in total. The van der Waals surface area contributed by atoms with E-state index in [1.165, 1.54) is 0 Å². The van der Waals surface area contributed by atoms with Crippen LogP contribution in [-0.4, -0.2) is 47.3 Å². The second kappa shape index (κ2) is 4.57. The maximum atomic E-state index is 11.0. The number of nitriles is 1. The first-order valence-electron chi connectivity index (χ1n) is 6.52. The number of rotatable bonds is 1. The van der Waals surface area contributed by atoms with Crippen molar-refractivity contribution in [2.24, 2.45) is 0 Å². The van der Waals surface area contributed by atoms with E-state index in [-0.39, 0.29) is 12.1 Å². The lowest BCUT2D eigenvalue weighted by molar-refractivity contribution is -0.139. The van der Waals surface area contributed by atoms with Crippen molar-refractivity contribution < 1.29 is 9.84 Å². The van der Waals surface area contributed by atoms with Crippen molar-refractivity contribution in [3.63, 3.8) is 0 Å². The van der Waals surface area contributed by atoms with Crippen molar-refractivity contribution in [2.75, 3.05) is 20.3 Å². The third-order valence-corrected chi connectivity index (χ3v) is 4.29. The van der Waals surface area contributed by atoms with Crippen LogP contribution in [0.15, 0.2) is 18.3 Å². The predicted molar refractivity (Wildman–Crippen MR) is 68.2 cm³/mol. The monoisotopic (exact) mass is 259 g/mol. The van der Waals surface area contributed by atoms with Crippen LogP contribution in [0.4, 0.5) is 0 Å². The lowest BCUT2D eigenvalue weighted by Crippen LogP contribution is -2.59. The van der Waals surface area contributed by atoms with Crippen LogP contribution in [-0.2, 0) is 10.3 Å². The highest BCUT2D eigenvalue weighted by Crippen LogP contribution is 2.40. The molecule has 5 heteroatoms. The topological polar surface area (TPSA) is 69.4 Å². The van der Waals surface area contributed by atoms with E-state index in [0.29, 0.717) is 37.3 Å². The van der Waals surface area contributed by atoms with Gasteiger partial charge >= 0.3 is 0 Å². The van der Waals surface area contributed by atoms with Crippen LogP contribution < -0.4 is 0 Å². The molecule has 2 fully saturated rings. The van der Waals surface area contributed by atoms with Crippen LogP contribution in [0.3, 0.4) is 0 Å². The molecule has 1 aromatic heterocycles. The lowest BCUT2D eigenvalue weighted by atomic mass is 9.78. The molecule has 2 bridgehead atoms. The molecule has 0 radical (unpaired) electrons. The summed E-state index contributed by atoms with van der Waals surface area (Å²) in [6.07, 6.45) is 2.76. The van der Waals surface area contributed by atoms with E-state index in [0.717, 1.165) is 0 Å². The summed E-state index contributed by atoms with van der Waals surface area (Å²) in [6.45, 7) is 1.26. The molecule has 2 atom stereocenters. The Morgan fingerprint density at radius 3 is 2.79 bits per heavy atom. The van der Waals surface area contributed by atoms with Gasteiger partial charge in [0.25, 0.3) is 0 Å². The quantitative estimate of drug-likeness (QED) is 0.801. The van der Waals surface area contributed by atoms with E-state index in [9.17, 15) is 10.4 Å². The van der Waals surface area contributed by atoms with Gasteiger partial charge in [-0.3, -0.25) is 9.88 Å². The average Bonchev–Trinajstić information content (AvgIpc) is 2.41. The molecule has 2 saturated heterocycles. The summed E-state index contributed by atoms with van der Waals surface area (Å²) >= 11 is 0. The Morgan fingerprint density at radius 2 is 2.16 bits per heavy atom. The van der Waals surface area contributed by atoms with Crippen LogP contribution in [0.25, 0.3) is 0 Å². The Bertz CT molecular complexity index is 512. The zero-order chi connectivity index (χ0) is 13.5. The number of likely N-dealkylation sites (N-methyl/N-ethyl adjacent to an activating group) is 1. The highest BCUT2D eigenvalue weighted by Gasteiger charge is 2.47. The number of ether oxygens (including phenoxy) is 1. The van der Waals surface area contributed by atoms with Crippen molar-refractivity contribution in [1.82, 2.24) is 9.88 Å². The molecule has 2 aliphatic heterocycles. The first-order valence-corrected chi connectivity index (χ1v) is 6.52. The van der Waals surface area contributed by atoms with Crippen LogP contribution in [0.2, 0.25) is 0 Å². The summed E-state index contributed by atoms with van der Waals surface area (Å²) in [4.78, 5) is 6.54. The fourth-order valence-electron chi connectivity index (χ4n) is 3.20. The van der Waals surface area contributed by atoms with Crippen molar-refractivity contribution in [3.8, 4) is 6.07 Å². The smallest absolute Gasteiger partial charge is 0.111 e. The van der Waals surface area contributed by atoms with Crippen molar-refractivity contribution >= 4 is 0 Å². The molecule has 19 heavy (non-hydrogen) atoms. The molecule has 3 heterocycles. The number of aliphatic hydroxyl groups is 1. The Balaban J connectivity index is 1.98. The molecule has 2 aliphatic rings. The van der Waals surface area contributed by atoms with Crippen LogP contribution in [0.5, 0.6) is 0 Å². The summed E-state index contributed by atoms with van der Waals surface area (Å²) in [5.41, 5.74) is -0.0335. The molecular weight excluding hydrogens is 242 g/mol. The summed E-state index contributed by atoms with van der Waals surface area (Å²) < 4.78 is 5.55. The molecule has 0 aromatic carbocycles. The summed E-state index contributed by atoms with van der Waals surface area (Å²) in [7, 11) is 2.07. The number of piperidine rings is 1. The van der Waals surface area contributed by atoms with Crippen molar-refractivity contribution in [2.45, 2.75) is 30.5 Å². The SMILES string of the molecule is CN1C2COCC1CC(O)(c1ncccc1C#N)C2. The van der Waals surface area contributed by atoms with E-state index in [1.54, 1.807) is 18.3 Å². The van der Waals surface area contributed by atoms with E-state index < -0.39 is 5.60 Å². The number of fused-ring (bicyclic) bond motifs is 2. The molecule has 1 N–H and O–H groups in total. The molecule has 2 unspecified atom stereocenters. The van der Waals surface area contributed by atoms with Gasteiger partial charge in [-0.1, -0.05) is 0 Å². The molecule has 0 amide bonds. The maximum Gasteiger partial charge on any atom is 0.111 e. The number of hydrogen-bond donors (Lipinski definition) is 1. The maximum absolute atomic E-state index is 11.0. The van der Waals surface area contributed by atoms with Gasteiger partial charge in [0.05, 0.1) is 24.5 Å². The summed E-state index contributed by atoms with van der Waals surface area (Å²) in [6, 6.07) is 5.94. The van der Waals surface area contributed by atoms with Gasteiger partial charge in [0.15, 0.2) is 0 Å². The lowest BCUT2D eigenvalue weighted by Gasteiger charge is -2.50. The normalized spacial score (nSPS) is 34.8. The fraction of sp³-hybridized carbons (Fsp3) is 0.571. The number of aromatic nitrogens is 1. The molecule has 0 aliphatic carbocycles. The second-order valence-corrected chi connectivity index (χ2v) is 5.46. The zero-order valence-corrected chi connectivity index (χ0v) is 10.9. The van der Waals surface area contributed by atoms with Gasteiger partial charge in [-0.05, 0) is 32.0 Å². The Kier molecular flexibility index (Phi) is 3.02. The number of hydrogen-bond acceptors (Lipinski definition) is 5. The standard InChI is InChI=1S/C14H17N3O2/c1-17-11-5-14(18,6-12(17)9-19-8-11)13-10(7-15)3-2-4-16-13/h2-4,11-12,18H,5-6,8-9H2,1H3. The summed E-state index contributed by atoms with van der Waals surface area (Å²) in [5.74, 6) is 0. The van der Waals surface area contributed by atoms with Gasteiger partial charge in [0.2, 0.25) is 0 Å². The van der Waals surface area contributed by atoms with E-state index in [4.69, 9.17) is 4.74 Å². The van der Waals surface area contributed by atoms with E-state index in [2.05, 4.69) is 23.0 Å². The Labute approximate surface area is 112 Å². The van der Waals surface area contributed by atoms with E-state index >= 15 is 0 Å². The van der Waals surface area contributed by atoms with Gasteiger partial charge in [-0.15, -0.1) is 0 Å². The first kappa shape index (κ1) is 12.5. The number of nitrogens with zero attached hydrogens (tertiary/aromatic N) is 3. The van der Waals surface area contributed by atoms with Crippen molar-refractivity contribution in [3.05, 3.63) is 29.6 Å². The first-order chi connectivity index (χ1) is 9.14. The average molecular weight is 259 g/mol. The summed E-state index contributed by atoms with van der Waals surface area (Å²) in [5, 5.41) is 20.2. The Hall–Kier alpha value is -1.48. The van der Waals surface area contributed by atoms with Gasteiger partial charge in [-0.2, -0.15) is 5.26 Å². The van der Waals surface area contributed by atoms with Gasteiger partial charge in [0.1, 0.15) is 11.7 Å². The van der Waals surface area contributed by atoms with Gasteiger partial charge in [-0.25, -0.2) is 0 Å². The highest BCUT2D eigenvalue weighted by atomic mass is 16.5. The largest absolute Gasteiger partial charge is 0.383 e. The zero-order valence-electron chi connectivity index (χ0n) is 10.9. The minimum absolute atomic E-state index is 0.186. The number of morpholine rings is 1. The third kappa shape index (κ3) is 2.02. The molecule has 0 spiro atoms. The molecule has 0 saturated carbocycles. The Morgan fingerprint density at radius 1 is 1.47 bits per heavy atom.